The normalized spacial score (nSPS) is 14.6. The first-order valence-electron chi connectivity index (χ1n) is 10.1. The fraction of sp³-hybridized carbons (Fsp3) is 0.500. The van der Waals surface area contributed by atoms with Crippen molar-refractivity contribution in [2.45, 2.75) is 33.1 Å². The quantitative estimate of drug-likeness (QED) is 0.771. The van der Waals surface area contributed by atoms with E-state index in [2.05, 4.69) is 22.2 Å². The van der Waals surface area contributed by atoms with Gasteiger partial charge in [0.25, 0.3) is 5.91 Å². The zero-order chi connectivity index (χ0) is 20.8. The van der Waals surface area contributed by atoms with Gasteiger partial charge in [0.05, 0.1) is 14.2 Å². The van der Waals surface area contributed by atoms with Crippen LogP contribution in [0.3, 0.4) is 0 Å². The van der Waals surface area contributed by atoms with Gasteiger partial charge in [0.1, 0.15) is 5.69 Å². The lowest BCUT2D eigenvalue weighted by Crippen LogP contribution is -2.38. The largest absolute Gasteiger partial charge is 0.493 e. The molecule has 2 aromatic rings. The summed E-state index contributed by atoms with van der Waals surface area (Å²) in [7, 11) is 3.25. The summed E-state index contributed by atoms with van der Waals surface area (Å²) in [6.45, 7) is 6.36. The molecule has 2 heterocycles. The molecule has 1 amide bonds. The number of piperidine rings is 1. The maximum atomic E-state index is 12.8. The minimum Gasteiger partial charge on any atom is -0.493 e. The van der Waals surface area contributed by atoms with Gasteiger partial charge in [0.2, 0.25) is 5.95 Å². The Kier molecular flexibility index (Phi) is 6.90. The zero-order valence-corrected chi connectivity index (χ0v) is 17.7. The second kappa shape index (κ2) is 9.58. The van der Waals surface area contributed by atoms with E-state index in [1.165, 1.54) is 0 Å². The molecular formula is C22H30N4O3. The van der Waals surface area contributed by atoms with Gasteiger partial charge >= 0.3 is 0 Å². The fourth-order valence-corrected chi connectivity index (χ4v) is 3.49. The van der Waals surface area contributed by atoms with Crippen molar-refractivity contribution in [3.8, 4) is 11.5 Å². The van der Waals surface area contributed by atoms with Crippen molar-refractivity contribution in [1.82, 2.24) is 14.9 Å². The Morgan fingerprint density at radius 2 is 1.86 bits per heavy atom. The van der Waals surface area contributed by atoms with Gasteiger partial charge in [-0.3, -0.25) is 4.79 Å². The highest BCUT2D eigenvalue weighted by molar-refractivity contribution is 5.92. The molecule has 1 aliphatic rings. The molecule has 1 fully saturated rings. The number of hydrogen-bond donors (Lipinski definition) is 1. The number of aromatic nitrogens is 2. The van der Waals surface area contributed by atoms with Crippen LogP contribution in [0.25, 0.3) is 0 Å². The minimum absolute atomic E-state index is 0.00894. The van der Waals surface area contributed by atoms with Crippen LogP contribution in [0.15, 0.2) is 24.3 Å². The van der Waals surface area contributed by atoms with Crippen molar-refractivity contribution >= 4 is 11.9 Å². The average Bonchev–Trinajstić information content (AvgIpc) is 2.73. The van der Waals surface area contributed by atoms with Crippen molar-refractivity contribution < 1.29 is 14.3 Å². The van der Waals surface area contributed by atoms with Gasteiger partial charge in [0, 0.05) is 25.3 Å². The maximum Gasteiger partial charge on any atom is 0.272 e. The Hall–Kier alpha value is -2.83. The van der Waals surface area contributed by atoms with E-state index in [4.69, 9.17) is 9.47 Å². The highest BCUT2D eigenvalue weighted by atomic mass is 16.5. The van der Waals surface area contributed by atoms with Crippen molar-refractivity contribution in [2.75, 3.05) is 39.2 Å². The van der Waals surface area contributed by atoms with Crippen LogP contribution in [0.1, 0.15) is 41.5 Å². The van der Waals surface area contributed by atoms with Crippen LogP contribution >= 0.6 is 0 Å². The standard InChI is InChI=1S/C22H30N4O3/c1-15-8-11-26(12-9-15)21(27)18-13-16(2)24-22(25-18)23-10-7-17-5-6-19(28-3)20(14-17)29-4/h5-6,13-15H,7-12H2,1-4H3,(H,23,24,25). The monoisotopic (exact) mass is 398 g/mol. The lowest BCUT2D eigenvalue weighted by atomic mass is 9.99. The first-order valence-corrected chi connectivity index (χ1v) is 10.1. The Morgan fingerprint density at radius 3 is 2.55 bits per heavy atom. The van der Waals surface area contributed by atoms with Gasteiger partial charge in [-0.2, -0.15) is 0 Å². The van der Waals surface area contributed by atoms with Crippen molar-refractivity contribution in [3.63, 3.8) is 0 Å². The molecule has 1 aliphatic heterocycles. The number of carbonyl (C=O) groups excluding carboxylic acids is 1. The van der Waals surface area contributed by atoms with Crippen LogP contribution in [0.5, 0.6) is 11.5 Å². The van der Waals surface area contributed by atoms with Crippen molar-refractivity contribution in [2.24, 2.45) is 5.92 Å². The molecule has 0 unspecified atom stereocenters. The Balaban J connectivity index is 1.62. The van der Waals surface area contributed by atoms with Gasteiger partial charge in [-0.15, -0.1) is 0 Å². The molecule has 1 N–H and O–H groups in total. The molecule has 0 saturated carbocycles. The maximum absolute atomic E-state index is 12.8. The zero-order valence-electron chi connectivity index (χ0n) is 17.7. The number of rotatable bonds is 7. The predicted molar refractivity (Wildman–Crippen MR) is 113 cm³/mol. The predicted octanol–water partition coefficient (Wildman–Crippen LogP) is 3.33. The number of ether oxygens (including phenoxy) is 2. The average molecular weight is 399 g/mol. The van der Waals surface area contributed by atoms with Gasteiger partial charge < -0.3 is 19.7 Å². The molecule has 1 aromatic heterocycles. The fourth-order valence-electron chi connectivity index (χ4n) is 3.49. The van der Waals surface area contributed by atoms with Gasteiger partial charge in [-0.05, 0) is 55.9 Å². The van der Waals surface area contributed by atoms with E-state index >= 15 is 0 Å². The number of amides is 1. The van der Waals surface area contributed by atoms with E-state index in [-0.39, 0.29) is 5.91 Å². The van der Waals surface area contributed by atoms with Gasteiger partial charge in [-0.25, -0.2) is 9.97 Å². The summed E-state index contributed by atoms with van der Waals surface area (Å²) in [6.07, 6.45) is 2.86. The second-order valence-electron chi connectivity index (χ2n) is 7.56. The number of nitrogens with one attached hydrogen (secondary N) is 1. The van der Waals surface area contributed by atoms with E-state index in [0.717, 1.165) is 43.6 Å². The molecular weight excluding hydrogens is 368 g/mol. The summed E-state index contributed by atoms with van der Waals surface area (Å²) < 4.78 is 10.6. The minimum atomic E-state index is -0.00894. The molecule has 29 heavy (non-hydrogen) atoms. The van der Waals surface area contributed by atoms with Gasteiger partial charge in [0.15, 0.2) is 11.5 Å². The second-order valence-corrected chi connectivity index (χ2v) is 7.56. The summed E-state index contributed by atoms with van der Waals surface area (Å²) in [5.41, 5.74) is 2.35. The third kappa shape index (κ3) is 5.37. The summed E-state index contributed by atoms with van der Waals surface area (Å²) in [5, 5.41) is 3.24. The Labute approximate surface area is 172 Å². The number of carbonyl (C=O) groups is 1. The molecule has 0 aliphatic carbocycles. The third-order valence-corrected chi connectivity index (χ3v) is 5.29. The van der Waals surface area contributed by atoms with Crippen LogP contribution in [0, 0.1) is 12.8 Å². The van der Waals surface area contributed by atoms with E-state index in [0.29, 0.717) is 35.6 Å². The molecule has 0 bridgehead atoms. The topological polar surface area (TPSA) is 76.6 Å². The molecule has 7 heteroatoms. The third-order valence-electron chi connectivity index (χ3n) is 5.29. The lowest BCUT2D eigenvalue weighted by molar-refractivity contribution is 0.0691. The number of aryl methyl sites for hydroxylation is 1. The van der Waals surface area contributed by atoms with Crippen molar-refractivity contribution in [1.29, 1.82) is 0 Å². The smallest absolute Gasteiger partial charge is 0.272 e. The van der Waals surface area contributed by atoms with Crippen LogP contribution in [0.2, 0.25) is 0 Å². The van der Waals surface area contributed by atoms with E-state index < -0.39 is 0 Å². The molecule has 156 valence electrons. The molecule has 1 saturated heterocycles. The molecule has 1 aromatic carbocycles. The first kappa shape index (κ1) is 20.9. The van der Waals surface area contributed by atoms with Gasteiger partial charge in [-0.1, -0.05) is 13.0 Å². The van der Waals surface area contributed by atoms with Crippen LogP contribution < -0.4 is 14.8 Å². The first-order chi connectivity index (χ1) is 14.0. The Morgan fingerprint density at radius 1 is 1.14 bits per heavy atom. The SMILES string of the molecule is COc1ccc(CCNc2nc(C)cc(C(=O)N3CCC(C)CC3)n2)cc1OC. The number of methoxy groups -OCH3 is 2. The highest BCUT2D eigenvalue weighted by Gasteiger charge is 2.23. The van der Waals surface area contributed by atoms with Crippen LogP contribution in [0.4, 0.5) is 5.95 Å². The number of nitrogens with zero attached hydrogens (tertiary/aromatic N) is 3. The van der Waals surface area contributed by atoms with Crippen LogP contribution in [-0.2, 0) is 6.42 Å². The van der Waals surface area contributed by atoms with E-state index in [1.807, 2.05) is 30.0 Å². The highest BCUT2D eigenvalue weighted by Crippen LogP contribution is 2.27. The molecule has 0 atom stereocenters. The van der Waals surface area contributed by atoms with E-state index in [9.17, 15) is 4.79 Å². The summed E-state index contributed by atoms with van der Waals surface area (Å²) >= 11 is 0. The summed E-state index contributed by atoms with van der Waals surface area (Å²) in [5.74, 6) is 2.58. The Bertz CT molecular complexity index is 848. The number of benzene rings is 1. The number of hydrogen-bond acceptors (Lipinski definition) is 6. The molecule has 0 radical (unpaired) electrons. The van der Waals surface area contributed by atoms with Crippen molar-refractivity contribution in [3.05, 3.63) is 41.2 Å². The molecule has 3 rings (SSSR count). The lowest BCUT2D eigenvalue weighted by Gasteiger charge is -2.30. The number of likely N-dealkylation sites (tertiary alicyclic amines) is 1. The summed E-state index contributed by atoms with van der Waals surface area (Å²) in [4.78, 5) is 23.6. The molecule has 0 spiro atoms. The summed E-state index contributed by atoms with van der Waals surface area (Å²) in [6, 6.07) is 7.63. The number of anilines is 1. The molecule has 7 nitrogen and oxygen atoms in total. The van der Waals surface area contributed by atoms with Crippen LogP contribution in [-0.4, -0.2) is 54.6 Å². The van der Waals surface area contributed by atoms with E-state index in [1.54, 1.807) is 20.3 Å².